The fourth-order valence-electron chi connectivity index (χ4n) is 2.34. The molecule has 0 unspecified atom stereocenters. The van der Waals surface area contributed by atoms with Gasteiger partial charge in [0.1, 0.15) is 11.5 Å². The van der Waals surface area contributed by atoms with Gasteiger partial charge in [0, 0.05) is 5.69 Å². The third-order valence-electron chi connectivity index (χ3n) is 3.73. The molecule has 0 atom stereocenters. The number of benzene rings is 2. The van der Waals surface area contributed by atoms with Crippen molar-refractivity contribution >= 4 is 17.3 Å². The maximum absolute atomic E-state index is 13.2. The number of halogens is 1. The van der Waals surface area contributed by atoms with E-state index in [1.165, 1.54) is 12.3 Å². The van der Waals surface area contributed by atoms with Crippen LogP contribution in [0.3, 0.4) is 0 Å². The Kier molecular flexibility index (Phi) is 4.70. The Morgan fingerprint density at radius 2 is 2.00 bits per heavy atom. The predicted molar refractivity (Wildman–Crippen MR) is 91.7 cm³/mol. The molecule has 1 aromatic heterocycles. The molecule has 1 amide bonds. The largest absolute Gasteiger partial charge is 0.321 e. The number of amides is 1. The third kappa shape index (κ3) is 3.56. The van der Waals surface area contributed by atoms with Gasteiger partial charge in [-0.1, -0.05) is 24.3 Å². The number of nitro groups is 1. The number of aryl methyl sites for hydroxylation is 1. The SMILES string of the molecule is CCc1ccc(NC(=O)c2cn(-c3ccc(F)cc3[N+](=O)[O-])nn2)cc1. The minimum Gasteiger partial charge on any atom is -0.321 e. The van der Waals surface area contributed by atoms with Crippen molar-refractivity contribution in [2.45, 2.75) is 13.3 Å². The zero-order valence-electron chi connectivity index (χ0n) is 13.7. The second-order valence-corrected chi connectivity index (χ2v) is 5.44. The van der Waals surface area contributed by atoms with Crippen LogP contribution < -0.4 is 5.32 Å². The monoisotopic (exact) mass is 355 g/mol. The lowest BCUT2D eigenvalue weighted by Crippen LogP contribution is -2.12. The van der Waals surface area contributed by atoms with E-state index < -0.39 is 22.3 Å². The number of anilines is 1. The van der Waals surface area contributed by atoms with Gasteiger partial charge in [0.15, 0.2) is 5.69 Å². The maximum Gasteiger partial charge on any atom is 0.297 e. The molecule has 8 nitrogen and oxygen atoms in total. The number of hydrogen-bond donors (Lipinski definition) is 1. The zero-order chi connectivity index (χ0) is 18.7. The summed E-state index contributed by atoms with van der Waals surface area (Å²) in [5.74, 6) is -1.25. The molecule has 0 saturated carbocycles. The van der Waals surface area contributed by atoms with Crippen molar-refractivity contribution in [2.75, 3.05) is 5.32 Å². The Labute approximate surface area is 147 Å². The molecule has 2 aromatic carbocycles. The van der Waals surface area contributed by atoms with Gasteiger partial charge in [-0.2, -0.15) is 0 Å². The lowest BCUT2D eigenvalue weighted by atomic mass is 10.1. The quantitative estimate of drug-likeness (QED) is 0.559. The van der Waals surface area contributed by atoms with Crippen LogP contribution in [-0.4, -0.2) is 25.8 Å². The number of carbonyl (C=O) groups excluding carboxylic acids is 1. The summed E-state index contributed by atoms with van der Waals surface area (Å²) in [5, 5.41) is 21.2. The summed E-state index contributed by atoms with van der Waals surface area (Å²) >= 11 is 0. The summed E-state index contributed by atoms with van der Waals surface area (Å²) < 4.78 is 14.3. The summed E-state index contributed by atoms with van der Waals surface area (Å²) in [6.45, 7) is 2.03. The second kappa shape index (κ2) is 7.09. The first-order chi connectivity index (χ1) is 12.5. The maximum atomic E-state index is 13.2. The van der Waals surface area contributed by atoms with Crippen LogP contribution >= 0.6 is 0 Å². The van der Waals surface area contributed by atoms with Crippen LogP contribution in [-0.2, 0) is 6.42 Å². The Balaban J connectivity index is 1.83. The highest BCUT2D eigenvalue weighted by Gasteiger charge is 2.19. The first-order valence-electron chi connectivity index (χ1n) is 7.75. The van der Waals surface area contributed by atoms with Crippen LogP contribution in [0.15, 0.2) is 48.7 Å². The number of carbonyl (C=O) groups is 1. The highest BCUT2D eigenvalue weighted by atomic mass is 19.1. The van der Waals surface area contributed by atoms with Crippen LogP contribution in [0.2, 0.25) is 0 Å². The van der Waals surface area contributed by atoms with E-state index in [0.29, 0.717) is 5.69 Å². The van der Waals surface area contributed by atoms with Crippen LogP contribution in [0.1, 0.15) is 23.0 Å². The molecule has 0 aliphatic rings. The Bertz CT molecular complexity index is 969. The van der Waals surface area contributed by atoms with Gasteiger partial charge in [-0.3, -0.25) is 14.9 Å². The van der Waals surface area contributed by atoms with Gasteiger partial charge < -0.3 is 5.32 Å². The van der Waals surface area contributed by atoms with Gasteiger partial charge in [0.25, 0.3) is 11.6 Å². The summed E-state index contributed by atoms with van der Waals surface area (Å²) in [6.07, 6.45) is 2.13. The summed E-state index contributed by atoms with van der Waals surface area (Å²) in [7, 11) is 0. The molecule has 0 fully saturated rings. The molecule has 9 heteroatoms. The van der Waals surface area contributed by atoms with E-state index >= 15 is 0 Å². The predicted octanol–water partition coefficient (Wildman–Crippen LogP) is 3.13. The van der Waals surface area contributed by atoms with Gasteiger partial charge in [0.2, 0.25) is 0 Å². The number of nitro benzene ring substituents is 1. The average molecular weight is 355 g/mol. The van der Waals surface area contributed by atoms with Gasteiger partial charge >= 0.3 is 0 Å². The van der Waals surface area contributed by atoms with E-state index in [-0.39, 0.29) is 11.4 Å². The highest BCUT2D eigenvalue weighted by molar-refractivity contribution is 6.02. The van der Waals surface area contributed by atoms with Crippen molar-refractivity contribution in [3.63, 3.8) is 0 Å². The smallest absolute Gasteiger partial charge is 0.297 e. The van der Waals surface area contributed by atoms with Crippen molar-refractivity contribution in [1.29, 1.82) is 0 Å². The van der Waals surface area contributed by atoms with Crippen molar-refractivity contribution in [1.82, 2.24) is 15.0 Å². The molecule has 0 bridgehead atoms. The molecule has 0 aliphatic carbocycles. The number of nitrogens with zero attached hydrogens (tertiary/aromatic N) is 4. The summed E-state index contributed by atoms with van der Waals surface area (Å²) in [5.41, 5.74) is 1.24. The minimum atomic E-state index is -0.742. The first-order valence-corrected chi connectivity index (χ1v) is 7.75. The van der Waals surface area contributed by atoms with Gasteiger partial charge in [0.05, 0.1) is 17.2 Å². The number of rotatable bonds is 5. The molecule has 1 heterocycles. The fourth-order valence-corrected chi connectivity index (χ4v) is 2.34. The average Bonchev–Trinajstić information content (AvgIpc) is 3.12. The van der Waals surface area contributed by atoms with Gasteiger partial charge in [-0.15, -0.1) is 5.10 Å². The van der Waals surface area contributed by atoms with Crippen LogP contribution in [0.5, 0.6) is 0 Å². The number of hydrogen-bond acceptors (Lipinski definition) is 5. The lowest BCUT2D eigenvalue weighted by molar-refractivity contribution is -0.384. The molecule has 0 aliphatic heterocycles. The highest BCUT2D eigenvalue weighted by Crippen LogP contribution is 2.23. The van der Waals surface area contributed by atoms with Gasteiger partial charge in [-0.25, -0.2) is 9.07 Å². The molecule has 0 saturated heterocycles. The van der Waals surface area contributed by atoms with Crippen molar-refractivity contribution in [3.05, 3.63) is 75.9 Å². The van der Waals surface area contributed by atoms with E-state index in [0.717, 1.165) is 28.8 Å². The minimum absolute atomic E-state index is 0.00949. The van der Waals surface area contributed by atoms with E-state index in [4.69, 9.17) is 0 Å². The molecule has 1 N–H and O–H groups in total. The van der Waals surface area contributed by atoms with E-state index in [1.54, 1.807) is 12.1 Å². The number of aromatic nitrogens is 3. The van der Waals surface area contributed by atoms with Gasteiger partial charge in [-0.05, 0) is 36.2 Å². The second-order valence-electron chi connectivity index (χ2n) is 5.44. The van der Waals surface area contributed by atoms with Crippen LogP contribution in [0.25, 0.3) is 5.69 Å². The van der Waals surface area contributed by atoms with E-state index in [2.05, 4.69) is 15.6 Å². The van der Waals surface area contributed by atoms with Crippen molar-refractivity contribution in [3.8, 4) is 5.69 Å². The summed E-state index contributed by atoms with van der Waals surface area (Å²) in [4.78, 5) is 22.6. The molecule has 3 aromatic rings. The Morgan fingerprint density at radius 1 is 1.27 bits per heavy atom. The van der Waals surface area contributed by atoms with E-state index in [9.17, 15) is 19.3 Å². The van der Waals surface area contributed by atoms with Crippen molar-refractivity contribution in [2.24, 2.45) is 0 Å². The third-order valence-corrected chi connectivity index (χ3v) is 3.73. The van der Waals surface area contributed by atoms with Crippen LogP contribution in [0, 0.1) is 15.9 Å². The standard InChI is InChI=1S/C17H14FN5O3/c1-2-11-3-6-13(7-4-11)19-17(24)14-10-22(21-20-14)15-8-5-12(18)9-16(15)23(25)26/h3-10H,2H2,1H3,(H,19,24). The normalized spacial score (nSPS) is 10.5. The first kappa shape index (κ1) is 17.2. The molecule has 0 spiro atoms. The molecule has 3 rings (SSSR count). The topological polar surface area (TPSA) is 103 Å². The lowest BCUT2D eigenvalue weighted by Gasteiger charge is -2.04. The molecular weight excluding hydrogens is 341 g/mol. The Hall–Kier alpha value is -3.62. The van der Waals surface area contributed by atoms with E-state index in [1.807, 2.05) is 19.1 Å². The molecular formula is C17H14FN5O3. The fraction of sp³-hybridized carbons (Fsp3) is 0.118. The molecule has 132 valence electrons. The molecule has 26 heavy (non-hydrogen) atoms. The van der Waals surface area contributed by atoms with Crippen LogP contribution in [0.4, 0.5) is 15.8 Å². The van der Waals surface area contributed by atoms with Crippen molar-refractivity contribution < 1.29 is 14.1 Å². The Morgan fingerprint density at radius 3 is 2.65 bits per heavy atom. The molecule has 0 radical (unpaired) electrons. The zero-order valence-corrected chi connectivity index (χ0v) is 13.7. The summed E-state index contributed by atoms with van der Waals surface area (Å²) in [6, 6.07) is 10.4. The number of nitrogens with one attached hydrogen (secondary N) is 1.